The van der Waals surface area contributed by atoms with Gasteiger partial charge in [0.15, 0.2) is 0 Å². The van der Waals surface area contributed by atoms with E-state index in [1.54, 1.807) is 30.5 Å². The number of benzene rings is 2. The minimum Gasteiger partial charge on any atom is -0.340 e. The summed E-state index contributed by atoms with van der Waals surface area (Å²) in [5.74, 6) is -0.447. The normalized spacial score (nSPS) is 12.2. The van der Waals surface area contributed by atoms with Gasteiger partial charge < -0.3 is 5.32 Å². The maximum absolute atomic E-state index is 12.4. The van der Waals surface area contributed by atoms with E-state index in [4.69, 9.17) is 11.6 Å². The van der Waals surface area contributed by atoms with E-state index >= 15 is 0 Å². The Labute approximate surface area is 158 Å². The van der Waals surface area contributed by atoms with Crippen molar-refractivity contribution in [2.24, 2.45) is 11.0 Å². The molecule has 26 heavy (non-hydrogen) atoms. The molecule has 2 rings (SSSR count). The average Bonchev–Trinajstić information content (AvgIpc) is 2.62. The van der Waals surface area contributed by atoms with Crippen molar-refractivity contribution in [3.63, 3.8) is 0 Å². The van der Waals surface area contributed by atoms with E-state index < -0.39 is 6.04 Å². The first kappa shape index (κ1) is 19.7. The molecule has 0 bridgehead atoms. The number of hydrogen-bond donors (Lipinski definition) is 2. The molecule has 0 aromatic heterocycles. The quantitative estimate of drug-likeness (QED) is 0.576. The molecule has 0 saturated carbocycles. The first-order valence-corrected chi connectivity index (χ1v) is 8.78. The van der Waals surface area contributed by atoms with Gasteiger partial charge in [0.2, 0.25) is 0 Å². The van der Waals surface area contributed by atoms with Crippen molar-refractivity contribution < 1.29 is 9.59 Å². The predicted molar refractivity (Wildman–Crippen MR) is 104 cm³/mol. The van der Waals surface area contributed by atoms with Gasteiger partial charge >= 0.3 is 0 Å². The first-order valence-electron chi connectivity index (χ1n) is 8.40. The lowest BCUT2D eigenvalue weighted by Gasteiger charge is -2.19. The second-order valence-electron chi connectivity index (χ2n) is 6.31. The monoisotopic (exact) mass is 371 g/mol. The summed E-state index contributed by atoms with van der Waals surface area (Å²) < 4.78 is 0. The van der Waals surface area contributed by atoms with Gasteiger partial charge in [0, 0.05) is 10.6 Å². The van der Waals surface area contributed by atoms with Gasteiger partial charge in [-0.2, -0.15) is 5.10 Å². The van der Waals surface area contributed by atoms with Crippen LogP contribution in [0.5, 0.6) is 0 Å². The Bertz CT molecular complexity index is 758. The second-order valence-corrected chi connectivity index (χ2v) is 6.74. The van der Waals surface area contributed by atoms with Crippen LogP contribution in [0.25, 0.3) is 0 Å². The molecule has 2 aromatic carbocycles. The molecule has 0 aliphatic heterocycles. The maximum Gasteiger partial charge on any atom is 0.262 e. The second kappa shape index (κ2) is 9.73. The molecule has 1 atom stereocenters. The van der Waals surface area contributed by atoms with Crippen LogP contribution in [0.3, 0.4) is 0 Å². The van der Waals surface area contributed by atoms with Gasteiger partial charge in [-0.15, -0.1) is 0 Å². The third-order valence-corrected chi connectivity index (χ3v) is 3.88. The molecule has 0 heterocycles. The molecule has 136 valence electrons. The summed E-state index contributed by atoms with van der Waals surface area (Å²) >= 11 is 5.84. The minimum atomic E-state index is -0.675. The topological polar surface area (TPSA) is 70.6 Å². The van der Waals surface area contributed by atoms with Crippen molar-refractivity contribution in [1.82, 2.24) is 10.7 Å². The number of amides is 2. The molecule has 0 fully saturated rings. The largest absolute Gasteiger partial charge is 0.340 e. The summed E-state index contributed by atoms with van der Waals surface area (Å²) in [6.07, 6.45) is 2.07. The Balaban J connectivity index is 2.01. The van der Waals surface area contributed by atoms with Crippen LogP contribution in [0, 0.1) is 5.92 Å². The SMILES string of the molecule is CC(C)CC(NC(=O)c1ccc(Cl)cc1)C(=O)NN=Cc1ccccc1. The number of hydrogen-bond acceptors (Lipinski definition) is 3. The number of hydrazone groups is 1. The molecule has 0 aliphatic carbocycles. The average molecular weight is 372 g/mol. The number of halogens is 1. The highest BCUT2D eigenvalue weighted by atomic mass is 35.5. The highest BCUT2D eigenvalue weighted by Crippen LogP contribution is 2.11. The van der Waals surface area contributed by atoms with Gasteiger partial charge in [-0.05, 0) is 42.2 Å². The van der Waals surface area contributed by atoms with E-state index in [0.29, 0.717) is 17.0 Å². The first-order chi connectivity index (χ1) is 12.5. The zero-order valence-electron chi connectivity index (χ0n) is 14.8. The lowest BCUT2D eigenvalue weighted by atomic mass is 10.0. The fraction of sp³-hybridized carbons (Fsp3) is 0.250. The third kappa shape index (κ3) is 6.33. The Hall–Kier alpha value is -2.66. The summed E-state index contributed by atoms with van der Waals surface area (Å²) in [4.78, 5) is 24.8. The number of nitrogens with one attached hydrogen (secondary N) is 2. The summed E-state index contributed by atoms with van der Waals surface area (Å²) in [7, 11) is 0. The Morgan fingerprint density at radius 1 is 1.08 bits per heavy atom. The standard InChI is InChI=1S/C20H22ClN3O2/c1-14(2)12-18(23-19(25)16-8-10-17(21)11-9-16)20(26)24-22-13-15-6-4-3-5-7-15/h3-11,13-14,18H,12H2,1-2H3,(H,23,25)(H,24,26). The Morgan fingerprint density at radius 2 is 1.73 bits per heavy atom. The molecule has 1 unspecified atom stereocenters. The van der Waals surface area contributed by atoms with E-state index in [9.17, 15) is 9.59 Å². The lowest BCUT2D eigenvalue weighted by Crippen LogP contribution is -2.46. The highest BCUT2D eigenvalue weighted by molar-refractivity contribution is 6.30. The summed E-state index contributed by atoms with van der Waals surface area (Å²) in [6, 6.07) is 15.3. The van der Waals surface area contributed by atoms with Gasteiger partial charge in [0.25, 0.3) is 11.8 Å². The summed E-state index contributed by atoms with van der Waals surface area (Å²) in [5, 5.41) is 7.28. The van der Waals surface area contributed by atoms with E-state index in [0.717, 1.165) is 5.56 Å². The lowest BCUT2D eigenvalue weighted by molar-refractivity contribution is -0.123. The maximum atomic E-state index is 12.4. The van der Waals surface area contributed by atoms with Crippen LogP contribution >= 0.6 is 11.6 Å². The zero-order chi connectivity index (χ0) is 18.9. The molecule has 0 saturated heterocycles. The highest BCUT2D eigenvalue weighted by Gasteiger charge is 2.22. The molecule has 2 amide bonds. The molecule has 6 heteroatoms. The van der Waals surface area contributed by atoms with Crippen molar-refractivity contribution in [1.29, 1.82) is 0 Å². The van der Waals surface area contributed by atoms with Crippen molar-refractivity contribution in [2.75, 3.05) is 0 Å². The van der Waals surface area contributed by atoms with E-state index in [2.05, 4.69) is 15.8 Å². The molecule has 0 spiro atoms. The molecular weight excluding hydrogens is 350 g/mol. The molecule has 5 nitrogen and oxygen atoms in total. The van der Waals surface area contributed by atoms with E-state index in [1.807, 2.05) is 44.2 Å². The van der Waals surface area contributed by atoms with Gasteiger partial charge in [0.1, 0.15) is 6.04 Å². The Kier molecular flexibility index (Phi) is 7.36. The number of rotatable bonds is 7. The van der Waals surface area contributed by atoms with E-state index in [-0.39, 0.29) is 17.7 Å². The molecule has 2 aromatic rings. The fourth-order valence-electron chi connectivity index (χ4n) is 2.33. The van der Waals surface area contributed by atoms with Crippen LogP contribution in [0.1, 0.15) is 36.2 Å². The van der Waals surface area contributed by atoms with Crippen LogP contribution < -0.4 is 10.7 Å². The summed E-state index contributed by atoms with van der Waals surface area (Å²) in [6.45, 7) is 3.98. The van der Waals surface area contributed by atoms with Crippen LogP contribution in [-0.4, -0.2) is 24.1 Å². The van der Waals surface area contributed by atoms with Crippen LogP contribution in [0.15, 0.2) is 59.7 Å². The predicted octanol–water partition coefficient (Wildman–Crippen LogP) is 3.63. The molecule has 0 radical (unpaired) electrons. The minimum absolute atomic E-state index is 0.231. The smallest absolute Gasteiger partial charge is 0.262 e. The number of carbonyl (C=O) groups excluding carboxylic acids is 2. The van der Waals surface area contributed by atoms with E-state index in [1.165, 1.54) is 0 Å². The van der Waals surface area contributed by atoms with Crippen LogP contribution in [0.4, 0.5) is 0 Å². The van der Waals surface area contributed by atoms with Crippen LogP contribution in [0.2, 0.25) is 5.02 Å². The van der Waals surface area contributed by atoms with Crippen LogP contribution in [-0.2, 0) is 4.79 Å². The van der Waals surface area contributed by atoms with Gasteiger partial charge in [-0.1, -0.05) is 55.8 Å². The van der Waals surface area contributed by atoms with Crippen molar-refractivity contribution in [2.45, 2.75) is 26.3 Å². The fourth-order valence-corrected chi connectivity index (χ4v) is 2.46. The van der Waals surface area contributed by atoms with Crippen molar-refractivity contribution in [3.8, 4) is 0 Å². The van der Waals surface area contributed by atoms with Crippen molar-refractivity contribution in [3.05, 3.63) is 70.7 Å². The van der Waals surface area contributed by atoms with Gasteiger partial charge in [-0.3, -0.25) is 9.59 Å². The van der Waals surface area contributed by atoms with Gasteiger partial charge in [-0.25, -0.2) is 5.43 Å². The molecular formula is C20H22ClN3O2. The third-order valence-electron chi connectivity index (χ3n) is 3.62. The number of nitrogens with zero attached hydrogens (tertiary/aromatic N) is 1. The van der Waals surface area contributed by atoms with Crippen molar-refractivity contribution >= 4 is 29.6 Å². The summed E-state index contributed by atoms with van der Waals surface area (Å²) in [5.41, 5.74) is 3.82. The van der Waals surface area contributed by atoms with Gasteiger partial charge in [0.05, 0.1) is 6.21 Å². The number of carbonyl (C=O) groups is 2. The zero-order valence-corrected chi connectivity index (χ0v) is 15.5. The molecule has 2 N–H and O–H groups in total. The Morgan fingerprint density at radius 3 is 2.35 bits per heavy atom. The molecule has 0 aliphatic rings.